The molecule has 0 fully saturated rings. The zero-order valence-corrected chi connectivity index (χ0v) is 14.6. The van der Waals surface area contributed by atoms with Gasteiger partial charge in [0.25, 0.3) is 17.6 Å². The van der Waals surface area contributed by atoms with Crippen LogP contribution in [-0.2, 0) is 19.1 Å². The molecule has 9 heteroatoms. The van der Waals surface area contributed by atoms with Crippen molar-refractivity contribution in [1.82, 2.24) is 10.6 Å². The van der Waals surface area contributed by atoms with Crippen LogP contribution in [0.3, 0.4) is 0 Å². The molecule has 2 rings (SSSR count). The molecule has 0 aromatic heterocycles. The van der Waals surface area contributed by atoms with Gasteiger partial charge < -0.3 is 10.1 Å². The number of nitrogens with one attached hydrogen (secondary N) is 2. The van der Waals surface area contributed by atoms with Crippen LogP contribution in [0.15, 0.2) is 24.3 Å². The van der Waals surface area contributed by atoms with E-state index in [1.165, 1.54) is 12.1 Å². The number of nitrogens with zero attached hydrogens (tertiary/aromatic N) is 1. The molecular weight excluding hydrogens is 342 g/mol. The highest BCUT2D eigenvalue weighted by Crippen LogP contribution is 2.28. The fourth-order valence-electron chi connectivity index (χ4n) is 2.26. The summed E-state index contributed by atoms with van der Waals surface area (Å²) < 4.78 is 4.76. The number of carbonyl (C=O) groups is 5. The average molecular weight is 361 g/mol. The van der Waals surface area contributed by atoms with E-state index < -0.39 is 48.3 Å². The van der Waals surface area contributed by atoms with Gasteiger partial charge in [-0.25, -0.2) is 4.79 Å². The number of benzene rings is 1. The summed E-state index contributed by atoms with van der Waals surface area (Å²) >= 11 is 0. The van der Waals surface area contributed by atoms with E-state index in [0.29, 0.717) is 5.69 Å². The van der Waals surface area contributed by atoms with Crippen LogP contribution >= 0.6 is 0 Å². The SMILES string of the molecule is CC(C)(C)NC(=O)NC(=O)COC(=O)CN1C(=O)C(=O)c2ccccc21. The van der Waals surface area contributed by atoms with Crippen LogP contribution in [0.5, 0.6) is 0 Å². The largest absolute Gasteiger partial charge is 0.454 e. The van der Waals surface area contributed by atoms with Gasteiger partial charge in [0.1, 0.15) is 6.54 Å². The topological polar surface area (TPSA) is 122 Å². The van der Waals surface area contributed by atoms with Crippen molar-refractivity contribution in [2.24, 2.45) is 0 Å². The summed E-state index contributed by atoms with van der Waals surface area (Å²) in [6, 6.07) is 5.55. The quantitative estimate of drug-likeness (QED) is 0.591. The van der Waals surface area contributed by atoms with Crippen molar-refractivity contribution < 1.29 is 28.7 Å². The van der Waals surface area contributed by atoms with E-state index in [0.717, 1.165) is 4.90 Å². The van der Waals surface area contributed by atoms with Crippen LogP contribution in [0, 0.1) is 0 Å². The molecule has 0 saturated heterocycles. The molecule has 26 heavy (non-hydrogen) atoms. The Morgan fingerprint density at radius 3 is 2.42 bits per heavy atom. The van der Waals surface area contributed by atoms with Gasteiger partial charge in [-0.1, -0.05) is 12.1 Å². The molecule has 0 radical (unpaired) electrons. The van der Waals surface area contributed by atoms with Gasteiger partial charge in [-0.3, -0.25) is 29.4 Å². The van der Waals surface area contributed by atoms with Gasteiger partial charge in [-0.2, -0.15) is 0 Å². The number of Topliss-reactive ketones (excluding diaryl/α,β-unsaturated/α-hetero) is 1. The second kappa shape index (κ2) is 7.34. The van der Waals surface area contributed by atoms with Gasteiger partial charge in [0.2, 0.25) is 0 Å². The molecule has 0 bridgehead atoms. The molecule has 0 aliphatic carbocycles. The lowest BCUT2D eigenvalue weighted by Gasteiger charge is -2.20. The molecule has 1 aliphatic heterocycles. The molecule has 4 amide bonds. The van der Waals surface area contributed by atoms with Gasteiger partial charge in [0, 0.05) is 5.54 Å². The van der Waals surface area contributed by atoms with Crippen LogP contribution in [0.4, 0.5) is 10.5 Å². The second-order valence-electron chi connectivity index (χ2n) is 6.65. The first kappa shape index (κ1) is 19.1. The van der Waals surface area contributed by atoms with E-state index in [1.54, 1.807) is 32.9 Å². The fourth-order valence-corrected chi connectivity index (χ4v) is 2.26. The van der Waals surface area contributed by atoms with Crippen molar-refractivity contribution in [3.8, 4) is 0 Å². The maximum Gasteiger partial charge on any atom is 0.326 e. The van der Waals surface area contributed by atoms with Gasteiger partial charge in [-0.15, -0.1) is 0 Å². The van der Waals surface area contributed by atoms with E-state index in [-0.39, 0.29) is 5.56 Å². The minimum absolute atomic E-state index is 0.210. The predicted octanol–water partition coefficient (Wildman–Crippen LogP) is 0.383. The Labute approximate surface area is 149 Å². The Bertz CT molecular complexity index is 781. The lowest BCUT2D eigenvalue weighted by Crippen LogP contribution is -2.49. The molecule has 2 N–H and O–H groups in total. The van der Waals surface area contributed by atoms with Crippen molar-refractivity contribution in [3.05, 3.63) is 29.8 Å². The summed E-state index contributed by atoms with van der Waals surface area (Å²) in [5.41, 5.74) is -0.00720. The number of rotatable bonds is 4. The number of para-hydroxylation sites is 1. The first-order valence-corrected chi connectivity index (χ1v) is 7.81. The number of carbonyl (C=O) groups excluding carboxylic acids is 5. The molecule has 1 heterocycles. The van der Waals surface area contributed by atoms with Gasteiger partial charge >= 0.3 is 12.0 Å². The molecule has 9 nitrogen and oxygen atoms in total. The summed E-state index contributed by atoms with van der Waals surface area (Å²) in [7, 11) is 0. The van der Waals surface area contributed by atoms with Crippen molar-refractivity contribution in [1.29, 1.82) is 0 Å². The van der Waals surface area contributed by atoms with Crippen LogP contribution in [0.25, 0.3) is 0 Å². The molecular formula is C17H19N3O6. The number of fused-ring (bicyclic) bond motifs is 1. The minimum atomic E-state index is -0.880. The van der Waals surface area contributed by atoms with E-state index >= 15 is 0 Å². The summed E-state index contributed by atoms with van der Waals surface area (Å²) in [5.74, 6) is -3.24. The smallest absolute Gasteiger partial charge is 0.326 e. The first-order chi connectivity index (χ1) is 12.1. The zero-order chi connectivity index (χ0) is 19.5. The molecule has 0 unspecified atom stereocenters. The number of hydrogen-bond acceptors (Lipinski definition) is 6. The third kappa shape index (κ3) is 4.65. The Balaban J connectivity index is 1.86. The summed E-state index contributed by atoms with van der Waals surface area (Å²) in [5, 5.41) is 4.53. The molecule has 0 atom stereocenters. The number of anilines is 1. The highest BCUT2D eigenvalue weighted by Gasteiger charge is 2.36. The number of hydrogen-bond donors (Lipinski definition) is 2. The molecule has 1 aliphatic rings. The van der Waals surface area contributed by atoms with Crippen molar-refractivity contribution >= 4 is 35.3 Å². The van der Waals surface area contributed by atoms with Crippen LogP contribution < -0.4 is 15.5 Å². The number of esters is 1. The summed E-state index contributed by atoms with van der Waals surface area (Å²) in [6.07, 6.45) is 0. The number of amides is 4. The first-order valence-electron chi connectivity index (χ1n) is 7.81. The molecule has 1 aromatic carbocycles. The van der Waals surface area contributed by atoms with E-state index in [4.69, 9.17) is 4.74 Å². The summed E-state index contributed by atoms with van der Waals surface area (Å²) in [4.78, 5) is 59.8. The third-order valence-corrected chi connectivity index (χ3v) is 3.27. The normalized spacial score (nSPS) is 13.3. The fraction of sp³-hybridized carbons (Fsp3) is 0.353. The summed E-state index contributed by atoms with van der Waals surface area (Å²) in [6.45, 7) is 4.02. The van der Waals surface area contributed by atoms with E-state index in [1.807, 2.05) is 5.32 Å². The maximum absolute atomic E-state index is 12.0. The lowest BCUT2D eigenvalue weighted by molar-refractivity contribution is -0.147. The maximum atomic E-state index is 12.0. The Morgan fingerprint density at radius 2 is 1.77 bits per heavy atom. The molecule has 0 spiro atoms. The van der Waals surface area contributed by atoms with Gasteiger partial charge in [0.05, 0.1) is 11.3 Å². The standard InChI is InChI=1S/C17H19N3O6/c1-17(2,3)19-16(25)18-12(21)9-26-13(22)8-20-11-7-5-4-6-10(11)14(23)15(20)24/h4-7H,8-9H2,1-3H3,(H2,18,19,21,25). The van der Waals surface area contributed by atoms with Crippen molar-refractivity contribution in [2.75, 3.05) is 18.1 Å². The van der Waals surface area contributed by atoms with Crippen LogP contribution in [0.2, 0.25) is 0 Å². The van der Waals surface area contributed by atoms with E-state index in [9.17, 15) is 24.0 Å². The highest BCUT2D eigenvalue weighted by atomic mass is 16.5. The molecule has 0 saturated carbocycles. The Morgan fingerprint density at radius 1 is 1.12 bits per heavy atom. The van der Waals surface area contributed by atoms with Crippen LogP contribution in [-0.4, -0.2) is 48.3 Å². The second-order valence-corrected chi connectivity index (χ2v) is 6.65. The molecule has 1 aromatic rings. The van der Waals surface area contributed by atoms with Crippen molar-refractivity contribution in [2.45, 2.75) is 26.3 Å². The predicted molar refractivity (Wildman–Crippen MR) is 90.5 cm³/mol. The number of urea groups is 1. The number of ether oxygens (including phenoxy) is 1. The number of imide groups is 1. The van der Waals surface area contributed by atoms with E-state index in [2.05, 4.69) is 5.32 Å². The highest BCUT2D eigenvalue weighted by molar-refractivity contribution is 6.52. The number of ketones is 1. The van der Waals surface area contributed by atoms with Gasteiger partial charge in [0.15, 0.2) is 6.61 Å². The average Bonchev–Trinajstić information content (AvgIpc) is 2.76. The van der Waals surface area contributed by atoms with Gasteiger partial charge in [-0.05, 0) is 32.9 Å². The lowest BCUT2D eigenvalue weighted by atomic mass is 10.1. The monoisotopic (exact) mass is 361 g/mol. The minimum Gasteiger partial charge on any atom is -0.454 e. The zero-order valence-electron chi connectivity index (χ0n) is 14.6. The Hall–Kier alpha value is -3.23. The van der Waals surface area contributed by atoms with Crippen LogP contribution in [0.1, 0.15) is 31.1 Å². The molecule has 138 valence electrons. The third-order valence-electron chi connectivity index (χ3n) is 3.27. The Kier molecular flexibility index (Phi) is 5.39. The van der Waals surface area contributed by atoms with Crippen molar-refractivity contribution in [3.63, 3.8) is 0 Å².